The molecular weight excluding hydrogens is 84.1 g/mol. The summed E-state index contributed by atoms with van der Waals surface area (Å²) in [5, 5.41) is 2.77. The van der Waals surface area contributed by atoms with Crippen LogP contribution in [0.5, 0.6) is 0 Å². The highest BCUT2D eigenvalue weighted by Crippen LogP contribution is 1.99. The Labute approximate surface area is 34.8 Å². The molecule has 0 bridgehead atoms. The third-order valence-corrected chi connectivity index (χ3v) is 0.820. The van der Waals surface area contributed by atoms with Crippen molar-refractivity contribution in [1.82, 2.24) is 5.32 Å². The van der Waals surface area contributed by atoms with Crippen LogP contribution in [0.3, 0.4) is 0 Å². The summed E-state index contributed by atoms with van der Waals surface area (Å²) in [5.74, 6) is 0.889. The molecule has 0 spiro atoms. The van der Waals surface area contributed by atoms with Crippen molar-refractivity contribution < 1.29 is 0 Å². The molecule has 0 aromatic carbocycles. The number of nitrogens with zero attached hydrogens (tertiary/aromatic N) is 1. The Morgan fingerprint density at radius 2 is 3.00 bits per heavy atom. The fourth-order valence-corrected chi connectivity index (χ4v) is 0.484. The van der Waals surface area contributed by atoms with Crippen molar-refractivity contribution in [1.29, 1.82) is 0 Å². The van der Waals surface area contributed by atoms with Crippen LogP contribution in [-0.4, -0.2) is 12.2 Å². The van der Waals surface area contributed by atoms with Crippen LogP contribution in [0.4, 0.5) is 0 Å². The molecule has 0 fully saturated rings. The van der Waals surface area contributed by atoms with Gasteiger partial charge in [0.05, 0.1) is 5.88 Å². The second kappa shape index (κ2) is 1.31. The molecule has 0 saturated carbocycles. The average Bonchev–Trinajstić information content (AvgIpc) is 1.76. The maximum Gasteiger partial charge on any atom is 0.178 e. The lowest BCUT2D eigenvalue weighted by Gasteiger charge is -1.72. The minimum Gasteiger partial charge on any atom is -0.356 e. The Kier molecular flexibility index (Phi) is 0.792. The van der Waals surface area contributed by atoms with E-state index in [1.807, 2.05) is 0 Å². The number of rotatable bonds is 0. The van der Waals surface area contributed by atoms with Crippen LogP contribution < -0.4 is 5.32 Å². The number of nitrogens with one attached hydrogen (secondary N) is 1. The fraction of sp³-hybridized carbons (Fsp3) is 0.500. The van der Waals surface area contributed by atoms with E-state index in [2.05, 4.69) is 16.1 Å². The average molecular weight is 87.1 g/mol. The van der Waals surface area contributed by atoms with Gasteiger partial charge in [0.25, 0.3) is 0 Å². The molecule has 0 amide bonds. The SMILES string of the molecule is [C]1=NSCN1. The minimum atomic E-state index is 0.889. The molecule has 1 heterocycles. The molecule has 1 N–H and O–H groups in total. The summed E-state index contributed by atoms with van der Waals surface area (Å²) in [5.41, 5.74) is 0. The Morgan fingerprint density at radius 1 is 2.00 bits per heavy atom. The topological polar surface area (TPSA) is 24.4 Å². The summed E-state index contributed by atoms with van der Waals surface area (Å²) in [6, 6.07) is 0. The molecule has 2 nitrogen and oxygen atoms in total. The summed E-state index contributed by atoms with van der Waals surface area (Å²) < 4.78 is 3.64. The predicted molar refractivity (Wildman–Crippen MR) is 23.0 cm³/mol. The van der Waals surface area contributed by atoms with E-state index in [0.717, 1.165) is 5.88 Å². The van der Waals surface area contributed by atoms with Crippen LogP contribution in [0.25, 0.3) is 0 Å². The van der Waals surface area contributed by atoms with Gasteiger partial charge in [0.1, 0.15) is 0 Å². The first kappa shape index (κ1) is 3.03. The molecule has 1 radical (unpaired) electrons. The second-order valence-electron chi connectivity index (χ2n) is 0.653. The molecule has 5 heavy (non-hydrogen) atoms. The molecule has 1 aliphatic rings. The second-order valence-corrected chi connectivity index (χ2v) is 1.38. The highest BCUT2D eigenvalue weighted by Gasteiger charge is 1.85. The lowest BCUT2D eigenvalue weighted by Crippen LogP contribution is -2.00. The molecule has 0 atom stereocenters. The van der Waals surface area contributed by atoms with Crippen molar-refractivity contribution in [3.05, 3.63) is 0 Å². The van der Waals surface area contributed by atoms with Crippen molar-refractivity contribution in [2.45, 2.75) is 0 Å². The zero-order valence-corrected chi connectivity index (χ0v) is 3.38. The van der Waals surface area contributed by atoms with Gasteiger partial charge in [-0.25, -0.2) is 0 Å². The van der Waals surface area contributed by atoms with Gasteiger partial charge in [-0.1, -0.05) is 0 Å². The zero-order chi connectivity index (χ0) is 3.54. The van der Waals surface area contributed by atoms with E-state index in [1.54, 1.807) is 0 Å². The van der Waals surface area contributed by atoms with E-state index in [0.29, 0.717) is 0 Å². The molecule has 0 unspecified atom stereocenters. The van der Waals surface area contributed by atoms with E-state index in [9.17, 15) is 0 Å². The Balaban J connectivity index is 2.32. The van der Waals surface area contributed by atoms with Crippen LogP contribution in [0.2, 0.25) is 0 Å². The summed E-state index contributed by atoms with van der Waals surface area (Å²) in [7, 11) is 0. The quantitative estimate of drug-likeness (QED) is 0.424. The van der Waals surface area contributed by atoms with Gasteiger partial charge in [-0.2, -0.15) is 4.40 Å². The van der Waals surface area contributed by atoms with E-state index in [-0.39, 0.29) is 0 Å². The van der Waals surface area contributed by atoms with Crippen molar-refractivity contribution in [2.75, 3.05) is 5.88 Å². The molecule has 0 aromatic heterocycles. The van der Waals surface area contributed by atoms with Gasteiger partial charge in [-0.15, -0.1) is 0 Å². The molecule has 0 aromatic rings. The monoisotopic (exact) mass is 87.0 g/mol. The molecular formula is C2H3N2S. The third-order valence-electron chi connectivity index (χ3n) is 0.326. The number of hydrogen-bond donors (Lipinski definition) is 1. The standard InChI is InChI=1S/C2H3N2S/c1-3-2-5-4-1/h2H2,(H,3,4). The van der Waals surface area contributed by atoms with Crippen LogP contribution in [0.15, 0.2) is 4.40 Å². The lowest BCUT2D eigenvalue weighted by molar-refractivity contribution is 1.19. The zero-order valence-electron chi connectivity index (χ0n) is 2.56. The summed E-state index contributed by atoms with van der Waals surface area (Å²) in [6.07, 6.45) is 2.56. The molecule has 0 aliphatic carbocycles. The summed E-state index contributed by atoms with van der Waals surface area (Å²) in [6.45, 7) is 0. The third kappa shape index (κ3) is 0.545. The van der Waals surface area contributed by atoms with Gasteiger partial charge < -0.3 is 5.32 Å². The molecule has 1 aliphatic heterocycles. The largest absolute Gasteiger partial charge is 0.356 e. The van der Waals surface area contributed by atoms with Gasteiger partial charge in [-0.3, -0.25) is 0 Å². The summed E-state index contributed by atoms with van der Waals surface area (Å²) in [4.78, 5) is 0. The predicted octanol–water partition coefficient (Wildman–Crippen LogP) is 0.101. The number of hydrogen-bond acceptors (Lipinski definition) is 3. The highest BCUT2D eigenvalue weighted by molar-refractivity contribution is 7.98. The lowest BCUT2D eigenvalue weighted by atomic mass is 11.2. The highest BCUT2D eigenvalue weighted by atomic mass is 32.2. The van der Waals surface area contributed by atoms with Gasteiger partial charge in [-0.05, 0) is 11.9 Å². The minimum absolute atomic E-state index is 0.889. The van der Waals surface area contributed by atoms with E-state index in [4.69, 9.17) is 0 Å². The Bertz CT molecular complexity index is 45.6. The smallest absolute Gasteiger partial charge is 0.178 e. The van der Waals surface area contributed by atoms with Crippen molar-refractivity contribution in [3.63, 3.8) is 0 Å². The Hall–Kier alpha value is -0.180. The van der Waals surface area contributed by atoms with Gasteiger partial charge in [0, 0.05) is 0 Å². The first-order chi connectivity index (χ1) is 2.50. The summed E-state index contributed by atoms with van der Waals surface area (Å²) >= 11 is 1.48. The van der Waals surface area contributed by atoms with Crippen LogP contribution in [-0.2, 0) is 0 Å². The maximum absolute atomic E-state index is 3.64. The van der Waals surface area contributed by atoms with Gasteiger partial charge in [0.2, 0.25) is 0 Å². The van der Waals surface area contributed by atoms with Crippen molar-refractivity contribution in [2.24, 2.45) is 4.40 Å². The normalized spacial score (nSPS) is 19.2. The fourth-order valence-electron chi connectivity index (χ4n) is 0.161. The van der Waals surface area contributed by atoms with E-state index >= 15 is 0 Å². The first-order valence-corrected chi connectivity index (χ1v) is 2.24. The van der Waals surface area contributed by atoms with E-state index in [1.165, 1.54) is 11.9 Å². The van der Waals surface area contributed by atoms with Gasteiger partial charge >= 0.3 is 0 Å². The molecule has 0 saturated heterocycles. The molecule has 1 rings (SSSR count). The molecule has 27 valence electrons. The molecule has 3 heteroatoms. The first-order valence-electron chi connectivity index (χ1n) is 1.30. The van der Waals surface area contributed by atoms with Crippen LogP contribution >= 0.6 is 11.9 Å². The maximum atomic E-state index is 3.64. The van der Waals surface area contributed by atoms with Crippen molar-refractivity contribution >= 4 is 18.3 Å². The van der Waals surface area contributed by atoms with Gasteiger partial charge in [0.15, 0.2) is 6.34 Å². The Morgan fingerprint density at radius 3 is 3.20 bits per heavy atom. The van der Waals surface area contributed by atoms with Crippen LogP contribution in [0.1, 0.15) is 0 Å². The van der Waals surface area contributed by atoms with E-state index < -0.39 is 0 Å². The van der Waals surface area contributed by atoms with Crippen LogP contribution in [0, 0.1) is 0 Å². The van der Waals surface area contributed by atoms with Crippen molar-refractivity contribution in [3.8, 4) is 0 Å².